The maximum Gasteiger partial charge on any atom is 0.435 e. The van der Waals surface area contributed by atoms with E-state index in [4.69, 9.17) is 0 Å². The standard InChI is InChI=1S/C10H10F5N3/c1-3(2)18-8-4(6(17-18)10(13,14)15)5-7(16-5)9(8,11)12/h3,5,7,16H,1-2H3/t5-,7-/m1/s1. The van der Waals surface area contributed by atoms with Crippen LogP contribution in [0, 0.1) is 0 Å². The molecule has 2 heterocycles. The first-order valence-corrected chi connectivity index (χ1v) is 5.49. The Kier molecular flexibility index (Phi) is 2.01. The number of hydrogen-bond donors (Lipinski definition) is 1. The second-order valence-electron chi connectivity index (χ2n) is 4.89. The maximum absolute atomic E-state index is 13.9. The highest BCUT2D eigenvalue weighted by atomic mass is 19.4. The summed E-state index contributed by atoms with van der Waals surface area (Å²) in [5.74, 6) is -3.29. The third-order valence-electron chi connectivity index (χ3n) is 3.31. The highest BCUT2D eigenvalue weighted by Gasteiger charge is 2.68. The fourth-order valence-corrected chi connectivity index (χ4v) is 2.51. The minimum Gasteiger partial charge on any atom is -0.298 e. The van der Waals surface area contributed by atoms with Gasteiger partial charge in [-0.15, -0.1) is 0 Å². The van der Waals surface area contributed by atoms with Crippen molar-refractivity contribution in [3.05, 3.63) is 17.0 Å². The van der Waals surface area contributed by atoms with E-state index in [1.165, 1.54) is 13.8 Å². The molecular formula is C10H10F5N3. The van der Waals surface area contributed by atoms with Gasteiger partial charge < -0.3 is 0 Å². The van der Waals surface area contributed by atoms with Crippen LogP contribution in [0.25, 0.3) is 0 Å². The Morgan fingerprint density at radius 1 is 1.33 bits per heavy atom. The summed E-state index contributed by atoms with van der Waals surface area (Å²) in [5, 5.41) is 5.72. The van der Waals surface area contributed by atoms with Crippen LogP contribution in [0.1, 0.15) is 42.9 Å². The molecule has 2 atom stereocenters. The lowest BCUT2D eigenvalue weighted by molar-refractivity contribution is -0.142. The topological polar surface area (TPSA) is 39.8 Å². The second-order valence-corrected chi connectivity index (χ2v) is 4.89. The quantitative estimate of drug-likeness (QED) is 0.627. The highest BCUT2D eigenvalue weighted by Crippen LogP contribution is 2.58. The van der Waals surface area contributed by atoms with E-state index in [9.17, 15) is 22.0 Å². The highest BCUT2D eigenvalue weighted by molar-refractivity contribution is 5.48. The predicted octanol–water partition coefficient (Wildman–Crippen LogP) is 2.60. The van der Waals surface area contributed by atoms with E-state index in [1.54, 1.807) is 0 Å². The van der Waals surface area contributed by atoms with Crippen molar-refractivity contribution >= 4 is 0 Å². The SMILES string of the molecule is CC(C)n1nc(C(F)(F)F)c2c1C(F)(F)[C@@H]1N[C@H]21. The number of hydrogen-bond acceptors (Lipinski definition) is 2. The molecule has 0 spiro atoms. The molecule has 1 N–H and O–H groups in total. The summed E-state index contributed by atoms with van der Waals surface area (Å²) >= 11 is 0. The van der Waals surface area contributed by atoms with Gasteiger partial charge in [-0.3, -0.25) is 10.00 Å². The van der Waals surface area contributed by atoms with Crippen LogP contribution < -0.4 is 5.32 Å². The molecule has 0 saturated carbocycles. The average molecular weight is 267 g/mol. The van der Waals surface area contributed by atoms with Gasteiger partial charge in [0.25, 0.3) is 0 Å². The summed E-state index contributed by atoms with van der Waals surface area (Å²) in [7, 11) is 0. The van der Waals surface area contributed by atoms with Crippen LogP contribution in [0.4, 0.5) is 22.0 Å². The zero-order valence-corrected chi connectivity index (χ0v) is 9.52. The van der Waals surface area contributed by atoms with E-state index in [2.05, 4.69) is 10.4 Å². The van der Waals surface area contributed by atoms with Crippen LogP contribution in [-0.2, 0) is 12.1 Å². The summed E-state index contributed by atoms with van der Waals surface area (Å²) < 4.78 is 67.1. The predicted molar refractivity (Wildman–Crippen MR) is 51.2 cm³/mol. The maximum atomic E-state index is 13.9. The van der Waals surface area contributed by atoms with Gasteiger partial charge in [-0.25, -0.2) is 0 Å². The third-order valence-corrected chi connectivity index (χ3v) is 3.31. The van der Waals surface area contributed by atoms with E-state index in [0.29, 0.717) is 0 Å². The summed E-state index contributed by atoms with van der Waals surface area (Å²) in [6, 6.07) is -2.67. The summed E-state index contributed by atoms with van der Waals surface area (Å²) in [4.78, 5) is 0. The van der Waals surface area contributed by atoms with Crippen molar-refractivity contribution < 1.29 is 22.0 Å². The van der Waals surface area contributed by atoms with E-state index in [1.807, 2.05) is 0 Å². The number of aromatic nitrogens is 2. The second kappa shape index (κ2) is 3.04. The van der Waals surface area contributed by atoms with Crippen LogP contribution in [0.3, 0.4) is 0 Å². The van der Waals surface area contributed by atoms with Crippen molar-refractivity contribution in [3.63, 3.8) is 0 Å². The van der Waals surface area contributed by atoms with Crippen molar-refractivity contribution in [1.82, 2.24) is 15.1 Å². The summed E-state index contributed by atoms with van der Waals surface area (Å²) in [6.07, 6.45) is -4.71. The fraction of sp³-hybridized carbons (Fsp3) is 0.700. The Hall–Kier alpha value is -1.18. The van der Waals surface area contributed by atoms with Crippen molar-refractivity contribution in [3.8, 4) is 0 Å². The fourth-order valence-electron chi connectivity index (χ4n) is 2.51. The zero-order chi connectivity index (χ0) is 13.5. The number of fused-ring (bicyclic) bond motifs is 3. The Morgan fingerprint density at radius 3 is 2.44 bits per heavy atom. The lowest BCUT2D eigenvalue weighted by atomic mass is 10.1. The summed E-state index contributed by atoms with van der Waals surface area (Å²) in [5.41, 5.74) is -2.16. The van der Waals surface area contributed by atoms with Gasteiger partial charge in [0.1, 0.15) is 5.69 Å². The third kappa shape index (κ3) is 1.29. The number of halogens is 5. The first-order chi connectivity index (χ1) is 8.15. The van der Waals surface area contributed by atoms with Gasteiger partial charge in [0.05, 0.1) is 12.1 Å². The van der Waals surface area contributed by atoms with Crippen molar-refractivity contribution in [2.24, 2.45) is 0 Å². The molecule has 3 nitrogen and oxygen atoms in total. The Morgan fingerprint density at radius 2 is 1.94 bits per heavy atom. The van der Waals surface area contributed by atoms with Crippen molar-refractivity contribution in [2.45, 2.75) is 44.1 Å². The summed E-state index contributed by atoms with van der Waals surface area (Å²) in [6.45, 7) is 3.06. The molecule has 0 aromatic carbocycles. The van der Waals surface area contributed by atoms with E-state index in [-0.39, 0.29) is 5.56 Å². The largest absolute Gasteiger partial charge is 0.435 e. The molecule has 1 saturated heterocycles. The number of nitrogens with one attached hydrogen (secondary N) is 1. The first-order valence-electron chi connectivity index (χ1n) is 5.49. The molecule has 0 bridgehead atoms. The lowest BCUT2D eigenvalue weighted by Gasteiger charge is -2.17. The molecule has 0 unspecified atom stereocenters. The van der Waals surface area contributed by atoms with Crippen molar-refractivity contribution in [2.75, 3.05) is 0 Å². The number of alkyl halides is 5. The minimum atomic E-state index is -4.71. The van der Waals surface area contributed by atoms with E-state index >= 15 is 0 Å². The van der Waals surface area contributed by atoms with Crippen LogP contribution in [0.2, 0.25) is 0 Å². The molecule has 0 radical (unpaired) electrons. The Balaban J connectivity index is 2.26. The Labute approximate surface area is 99.0 Å². The molecule has 1 aliphatic carbocycles. The van der Waals surface area contributed by atoms with Crippen LogP contribution in [-0.4, -0.2) is 15.8 Å². The Bertz CT molecular complexity index is 516. The molecular weight excluding hydrogens is 257 g/mol. The molecule has 0 amide bonds. The molecule has 1 aromatic heterocycles. The van der Waals surface area contributed by atoms with Gasteiger partial charge >= 0.3 is 12.1 Å². The van der Waals surface area contributed by atoms with Crippen LogP contribution >= 0.6 is 0 Å². The molecule has 2 aliphatic rings. The van der Waals surface area contributed by atoms with Gasteiger partial charge in [-0.1, -0.05) is 0 Å². The van der Waals surface area contributed by atoms with Crippen molar-refractivity contribution in [1.29, 1.82) is 0 Å². The van der Waals surface area contributed by atoms with Gasteiger partial charge in [0.2, 0.25) is 0 Å². The first kappa shape index (κ1) is 11.9. The van der Waals surface area contributed by atoms with E-state index in [0.717, 1.165) is 4.68 Å². The lowest BCUT2D eigenvalue weighted by Crippen LogP contribution is -2.26. The monoisotopic (exact) mass is 267 g/mol. The molecule has 100 valence electrons. The average Bonchev–Trinajstić information content (AvgIpc) is 2.82. The van der Waals surface area contributed by atoms with Gasteiger partial charge in [0.15, 0.2) is 5.69 Å². The molecule has 3 rings (SSSR count). The zero-order valence-electron chi connectivity index (χ0n) is 9.52. The molecule has 18 heavy (non-hydrogen) atoms. The molecule has 1 aromatic rings. The number of nitrogens with zero attached hydrogens (tertiary/aromatic N) is 2. The number of rotatable bonds is 1. The van der Waals surface area contributed by atoms with Gasteiger partial charge in [-0.05, 0) is 13.8 Å². The molecule has 8 heteroatoms. The minimum absolute atomic E-state index is 0.383. The smallest absolute Gasteiger partial charge is 0.298 e. The van der Waals surface area contributed by atoms with Crippen LogP contribution in [0.5, 0.6) is 0 Å². The van der Waals surface area contributed by atoms with Crippen LogP contribution in [0.15, 0.2) is 0 Å². The van der Waals surface area contributed by atoms with E-state index < -0.39 is 41.6 Å². The normalized spacial score (nSPS) is 28.4. The molecule has 1 aliphatic heterocycles. The van der Waals surface area contributed by atoms with Gasteiger partial charge in [0, 0.05) is 11.6 Å². The van der Waals surface area contributed by atoms with Gasteiger partial charge in [-0.2, -0.15) is 27.1 Å². The molecule has 1 fully saturated rings.